The molecular formula is C14H11BrN2O2S. The highest BCUT2D eigenvalue weighted by atomic mass is 79.9. The van der Waals surface area contributed by atoms with E-state index in [4.69, 9.17) is 0 Å². The molecular weight excluding hydrogens is 340 g/mol. The Morgan fingerprint density at radius 1 is 1.05 bits per heavy atom. The molecule has 0 saturated carbocycles. The van der Waals surface area contributed by atoms with Crippen LogP contribution in [0.3, 0.4) is 0 Å². The van der Waals surface area contributed by atoms with E-state index in [1.165, 1.54) is 0 Å². The molecule has 0 aliphatic carbocycles. The van der Waals surface area contributed by atoms with Gasteiger partial charge in [-0.25, -0.2) is 13.4 Å². The van der Waals surface area contributed by atoms with Gasteiger partial charge < -0.3 is 4.40 Å². The van der Waals surface area contributed by atoms with Crippen LogP contribution in [0.25, 0.3) is 5.65 Å². The molecule has 0 radical (unpaired) electrons. The van der Waals surface area contributed by atoms with Gasteiger partial charge in [0.1, 0.15) is 5.65 Å². The van der Waals surface area contributed by atoms with E-state index < -0.39 is 9.84 Å². The SMILES string of the molecule is O=S(=O)(Cc1cn2cc(Br)ccc2n1)c1ccccc1. The average Bonchev–Trinajstić information content (AvgIpc) is 2.80. The molecule has 102 valence electrons. The van der Waals surface area contributed by atoms with Crippen LogP contribution in [-0.2, 0) is 15.6 Å². The Morgan fingerprint density at radius 2 is 1.80 bits per heavy atom. The number of aromatic nitrogens is 2. The Kier molecular flexibility index (Phi) is 3.35. The van der Waals surface area contributed by atoms with Gasteiger partial charge in [-0.2, -0.15) is 0 Å². The van der Waals surface area contributed by atoms with E-state index in [0.717, 1.165) is 10.1 Å². The second-order valence-corrected chi connectivity index (χ2v) is 7.32. The number of sulfone groups is 1. The van der Waals surface area contributed by atoms with Gasteiger partial charge in [-0.15, -0.1) is 0 Å². The number of rotatable bonds is 3. The van der Waals surface area contributed by atoms with Crippen molar-refractivity contribution in [3.63, 3.8) is 0 Å². The topological polar surface area (TPSA) is 51.4 Å². The molecule has 2 heterocycles. The van der Waals surface area contributed by atoms with Crippen LogP contribution in [0.15, 0.2) is 64.2 Å². The predicted molar refractivity (Wildman–Crippen MR) is 80.2 cm³/mol. The minimum Gasteiger partial charge on any atom is -0.306 e. The highest BCUT2D eigenvalue weighted by molar-refractivity contribution is 9.10. The number of pyridine rings is 1. The minimum atomic E-state index is -3.36. The van der Waals surface area contributed by atoms with Crippen LogP contribution in [0.2, 0.25) is 0 Å². The zero-order chi connectivity index (χ0) is 14.2. The zero-order valence-corrected chi connectivity index (χ0v) is 12.8. The van der Waals surface area contributed by atoms with Gasteiger partial charge >= 0.3 is 0 Å². The molecule has 6 heteroatoms. The predicted octanol–water partition coefficient (Wildman–Crippen LogP) is 3.07. The van der Waals surface area contributed by atoms with Crippen molar-refractivity contribution < 1.29 is 8.42 Å². The van der Waals surface area contributed by atoms with Gasteiger partial charge in [0.25, 0.3) is 0 Å². The maximum atomic E-state index is 12.3. The lowest BCUT2D eigenvalue weighted by Gasteiger charge is -2.01. The summed E-state index contributed by atoms with van der Waals surface area (Å²) in [7, 11) is -3.36. The van der Waals surface area contributed by atoms with E-state index in [9.17, 15) is 8.42 Å². The van der Waals surface area contributed by atoms with Gasteiger partial charge in [0, 0.05) is 16.9 Å². The molecule has 0 amide bonds. The van der Waals surface area contributed by atoms with Crippen molar-refractivity contribution in [2.75, 3.05) is 0 Å². The Morgan fingerprint density at radius 3 is 2.55 bits per heavy atom. The van der Waals surface area contributed by atoms with Gasteiger partial charge in [-0.1, -0.05) is 18.2 Å². The maximum absolute atomic E-state index is 12.3. The lowest BCUT2D eigenvalue weighted by molar-refractivity contribution is 0.595. The molecule has 0 aliphatic heterocycles. The molecule has 0 bridgehead atoms. The normalized spacial score (nSPS) is 11.8. The van der Waals surface area contributed by atoms with Crippen molar-refractivity contribution >= 4 is 31.4 Å². The highest BCUT2D eigenvalue weighted by Crippen LogP contribution is 2.17. The second-order valence-electron chi connectivity index (χ2n) is 4.42. The summed E-state index contributed by atoms with van der Waals surface area (Å²) in [6, 6.07) is 12.1. The monoisotopic (exact) mass is 350 g/mol. The molecule has 3 aromatic rings. The maximum Gasteiger partial charge on any atom is 0.184 e. The third kappa shape index (κ3) is 2.62. The van der Waals surface area contributed by atoms with Crippen LogP contribution in [0.1, 0.15) is 5.69 Å². The average molecular weight is 351 g/mol. The fourth-order valence-corrected chi connectivity index (χ4v) is 3.61. The summed E-state index contributed by atoms with van der Waals surface area (Å²) in [5, 5.41) is 0. The van der Waals surface area contributed by atoms with E-state index in [2.05, 4.69) is 20.9 Å². The summed E-state index contributed by atoms with van der Waals surface area (Å²) in [5.74, 6) is -0.101. The van der Waals surface area contributed by atoms with E-state index in [-0.39, 0.29) is 5.75 Å². The lowest BCUT2D eigenvalue weighted by Crippen LogP contribution is -2.04. The number of halogens is 1. The van der Waals surface area contributed by atoms with Crippen molar-refractivity contribution in [2.24, 2.45) is 0 Å². The third-order valence-corrected chi connectivity index (χ3v) is 5.04. The Hall–Kier alpha value is -1.66. The molecule has 20 heavy (non-hydrogen) atoms. The van der Waals surface area contributed by atoms with Crippen LogP contribution < -0.4 is 0 Å². The molecule has 0 spiro atoms. The summed E-state index contributed by atoms with van der Waals surface area (Å²) < 4.78 is 27.3. The molecule has 0 saturated heterocycles. The van der Waals surface area contributed by atoms with Gasteiger partial charge in [-0.3, -0.25) is 0 Å². The van der Waals surface area contributed by atoms with Crippen molar-refractivity contribution in [2.45, 2.75) is 10.6 Å². The highest BCUT2D eigenvalue weighted by Gasteiger charge is 2.16. The Balaban J connectivity index is 1.97. The first-order valence-electron chi connectivity index (χ1n) is 5.95. The number of imidazole rings is 1. The number of nitrogens with zero attached hydrogens (tertiary/aromatic N) is 2. The fourth-order valence-electron chi connectivity index (χ4n) is 1.99. The van der Waals surface area contributed by atoms with Crippen molar-refractivity contribution in [3.05, 3.63) is 65.0 Å². The van der Waals surface area contributed by atoms with Gasteiger partial charge in [0.2, 0.25) is 0 Å². The first-order valence-corrected chi connectivity index (χ1v) is 8.40. The largest absolute Gasteiger partial charge is 0.306 e. The Labute approximate surface area is 125 Å². The summed E-state index contributed by atoms with van der Waals surface area (Å²) in [6.07, 6.45) is 3.58. The molecule has 0 fully saturated rings. The van der Waals surface area contributed by atoms with Crippen molar-refractivity contribution in [1.29, 1.82) is 0 Å². The van der Waals surface area contributed by atoms with Gasteiger partial charge in [0.05, 0.1) is 16.3 Å². The quantitative estimate of drug-likeness (QED) is 0.729. The summed E-state index contributed by atoms with van der Waals surface area (Å²) >= 11 is 3.37. The number of fused-ring (bicyclic) bond motifs is 1. The first kappa shape index (κ1) is 13.3. The fraction of sp³-hybridized carbons (Fsp3) is 0.0714. The zero-order valence-electron chi connectivity index (χ0n) is 10.4. The summed E-state index contributed by atoms with van der Waals surface area (Å²) in [5.41, 5.74) is 1.26. The lowest BCUT2D eigenvalue weighted by atomic mass is 10.4. The molecule has 1 aromatic carbocycles. The molecule has 0 atom stereocenters. The van der Waals surface area contributed by atoms with Crippen LogP contribution in [0.5, 0.6) is 0 Å². The van der Waals surface area contributed by atoms with E-state index in [0.29, 0.717) is 10.6 Å². The van der Waals surface area contributed by atoms with Crippen molar-refractivity contribution in [1.82, 2.24) is 9.38 Å². The summed E-state index contributed by atoms with van der Waals surface area (Å²) in [4.78, 5) is 4.65. The summed E-state index contributed by atoms with van der Waals surface area (Å²) in [6.45, 7) is 0. The van der Waals surface area contributed by atoms with E-state index >= 15 is 0 Å². The molecule has 0 aliphatic rings. The second kappa shape index (κ2) is 5.03. The first-order chi connectivity index (χ1) is 9.54. The minimum absolute atomic E-state index is 0.101. The van der Waals surface area contributed by atoms with Crippen LogP contribution in [-0.4, -0.2) is 17.8 Å². The third-order valence-electron chi connectivity index (χ3n) is 2.91. The van der Waals surface area contributed by atoms with Gasteiger partial charge in [-0.05, 0) is 40.2 Å². The van der Waals surface area contributed by atoms with Gasteiger partial charge in [0.15, 0.2) is 9.84 Å². The molecule has 4 nitrogen and oxygen atoms in total. The van der Waals surface area contributed by atoms with Crippen LogP contribution >= 0.6 is 15.9 Å². The molecule has 0 unspecified atom stereocenters. The molecule has 0 N–H and O–H groups in total. The molecule has 2 aromatic heterocycles. The standard InChI is InChI=1S/C14H11BrN2O2S/c15-11-6-7-14-16-12(9-17(14)8-11)10-20(18,19)13-4-2-1-3-5-13/h1-9H,10H2. The van der Waals surface area contributed by atoms with Crippen molar-refractivity contribution in [3.8, 4) is 0 Å². The molecule has 3 rings (SSSR count). The Bertz CT molecular complexity index is 857. The number of hydrogen-bond donors (Lipinski definition) is 0. The smallest absolute Gasteiger partial charge is 0.184 e. The van der Waals surface area contributed by atoms with Crippen LogP contribution in [0.4, 0.5) is 0 Å². The van der Waals surface area contributed by atoms with E-state index in [1.807, 2.05) is 18.3 Å². The number of benzene rings is 1. The number of hydrogen-bond acceptors (Lipinski definition) is 3. The van der Waals surface area contributed by atoms with Crippen LogP contribution in [0, 0.1) is 0 Å². The van der Waals surface area contributed by atoms with E-state index in [1.54, 1.807) is 40.9 Å².